The Bertz CT molecular complexity index is 1190. The minimum atomic E-state index is -0.306. The van der Waals surface area contributed by atoms with Crippen molar-refractivity contribution in [2.75, 3.05) is 7.11 Å². The van der Waals surface area contributed by atoms with Gasteiger partial charge < -0.3 is 15.2 Å². The number of aliphatic hydroxyl groups excluding tert-OH is 1. The first-order valence-corrected chi connectivity index (χ1v) is 11.8. The number of nitrogens with one attached hydrogen (secondary N) is 1. The Kier molecular flexibility index (Phi) is 7.81. The van der Waals surface area contributed by atoms with Crippen LogP contribution in [0.4, 0.5) is 0 Å². The van der Waals surface area contributed by atoms with Gasteiger partial charge in [0.05, 0.1) is 26.2 Å². The molecular weight excluding hydrogens is 448 g/mol. The number of aliphatic hydroxyl groups is 1. The molecule has 0 radical (unpaired) electrons. The Balaban J connectivity index is 1.39. The zero-order valence-corrected chi connectivity index (χ0v) is 20.0. The standard InChI is InChI=1S/C25H30N6O4/c1-16-10-21(12-22(27-16)24(33)26-13-18-4-3-5-19(11-18)15-32)23-28-30-31(29-23)14-17-6-8-20(9-7-17)25(34)35-2/h3-5,10-12,17,20,32H,6-9,13-15H2,1-2H3,(H,26,33)/t17-,20-. The van der Waals surface area contributed by atoms with Crippen LogP contribution in [0.5, 0.6) is 0 Å². The van der Waals surface area contributed by atoms with Gasteiger partial charge >= 0.3 is 5.97 Å². The highest BCUT2D eigenvalue weighted by molar-refractivity contribution is 5.93. The summed E-state index contributed by atoms with van der Waals surface area (Å²) in [5, 5.41) is 25.1. The van der Waals surface area contributed by atoms with Crippen molar-refractivity contribution < 1.29 is 19.4 Å². The van der Waals surface area contributed by atoms with Gasteiger partial charge in [0, 0.05) is 17.8 Å². The number of rotatable bonds is 8. The molecule has 1 aliphatic rings. The van der Waals surface area contributed by atoms with Crippen LogP contribution in [0.15, 0.2) is 36.4 Å². The van der Waals surface area contributed by atoms with Crippen molar-refractivity contribution in [2.24, 2.45) is 11.8 Å². The molecule has 0 bridgehead atoms. The Morgan fingerprint density at radius 2 is 1.91 bits per heavy atom. The largest absolute Gasteiger partial charge is 0.469 e. The lowest BCUT2D eigenvalue weighted by atomic mass is 9.82. The van der Waals surface area contributed by atoms with E-state index >= 15 is 0 Å². The average Bonchev–Trinajstić information content (AvgIpc) is 3.35. The third kappa shape index (κ3) is 6.27. The SMILES string of the molecule is COC(=O)[C@H]1CC[C@H](Cn2nnc(-c3cc(C)nc(C(=O)NCc4cccc(CO)c4)c3)n2)CC1. The molecule has 2 heterocycles. The molecule has 3 aromatic rings. The number of hydrogen-bond donors (Lipinski definition) is 2. The minimum absolute atomic E-state index is 0.0153. The van der Waals surface area contributed by atoms with Crippen molar-refractivity contribution in [1.82, 2.24) is 30.5 Å². The first-order chi connectivity index (χ1) is 16.9. The lowest BCUT2D eigenvalue weighted by molar-refractivity contribution is -0.146. The molecule has 184 valence electrons. The normalized spacial score (nSPS) is 17.7. The molecule has 2 aromatic heterocycles. The molecule has 2 N–H and O–H groups in total. The molecule has 1 aromatic carbocycles. The molecule has 0 spiro atoms. The highest BCUT2D eigenvalue weighted by Crippen LogP contribution is 2.30. The maximum Gasteiger partial charge on any atom is 0.308 e. The molecular formula is C25H30N6O4. The second-order valence-electron chi connectivity index (χ2n) is 8.95. The molecule has 35 heavy (non-hydrogen) atoms. The van der Waals surface area contributed by atoms with E-state index in [1.165, 1.54) is 7.11 Å². The smallest absolute Gasteiger partial charge is 0.308 e. The number of aryl methyl sites for hydroxylation is 1. The number of aromatic nitrogens is 5. The summed E-state index contributed by atoms with van der Waals surface area (Å²) in [5.74, 6) is 0.361. The van der Waals surface area contributed by atoms with Gasteiger partial charge in [-0.25, -0.2) is 4.98 Å². The molecule has 10 nitrogen and oxygen atoms in total. The van der Waals surface area contributed by atoms with Crippen molar-refractivity contribution in [1.29, 1.82) is 0 Å². The fourth-order valence-corrected chi connectivity index (χ4v) is 4.44. The number of amides is 1. The number of carbonyl (C=O) groups excluding carboxylic acids is 2. The van der Waals surface area contributed by atoms with Crippen LogP contribution in [0.2, 0.25) is 0 Å². The van der Waals surface area contributed by atoms with Gasteiger partial charge in [0.15, 0.2) is 0 Å². The van der Waals surface area contributed by atoms with E-state index in [9.17, 15) is 14.7 Å². The van der Waals surface area contributed by atoms with Gasteiger partial charge in [-0.2, -0.15) is 4.80 Å². The number of hydrogen-bond acceptors (Lipinski definition) is 8. The van der Waals surface area contributed by atoms with Gasteiger partial charge in [-0.3, -0.25) is 9.59 Å². The summed E-state index contributed by atoms with van der Waals surface area (Å²) in [7, 11) is 1.43. The Morgan fingerprint density at radius 3 is 2.66 bits per heavy atom. The van der Waals surface area contributed by atoms with E-state index in [1.807, 2.05) is 37.3 Å². The Morgan fingerprint density at radius 1 is 1.14 bits per heavy atom. The van der Waals surface area contributed by atoms with Crippen LogP contribution in [0.3, 0.4) is 0 Å². The highest BCUT2D eigenvalue weighted by atomic mass is 16.5. The van der Waals surface area contributed by atoms with E-state index in [1.54, 1.807) is 10.9 Å². The molecule has 1 aliphatic carbocycles. The number of ether oxygens (including phenoxy) is 1. The molecule has 1 fully saturated rings. The molecule has 1 saturated carbocycles. The fraction of sp³-hybridized carbons (Fsp3) is 0.440. The molecule has 0 aliphatic heterocycles. The maximum atomic E-state index is 12.8. The van der Waals surface area contributed by atoms with Crippen molar-refractivity contribution in [3.63, 3.8) is 0 Å². The quantitative estimate of drug-likeness (QED) is 0.472. The van der Waals surface area contributed by atoms with Crippen LogP contribution >= 0.6 is 0 Å². The summed E-state index contributed by atoms with van der Waals surface area (Å²) in [6, 6.07) is 10.9. The van der Waals surface area contributed by atoms with Crippen LogP contribution < -0.4 is 5.32 Å². The number of benzene rings is 1. The predicted octanol–water partition coefficient (Wildman–Crippen LogP) is 2.45. The summed E-state index contributed by atoms with van der Waals surface area (Å²) >= 11 is 0. The van der Waals surface area contributed by atoms with Gasteiger partial charge in [-0.15, -0.1) is 10.2 Å². The van der Waals surface area contributed by atoms with E-state index in [2.05, 4.69) is 25.7 Å². The van der Waals surface area contributed by atoms with Gasteiger partial charge in [-0.1, -0.05) is 24.3 Å². The predicted molar refractivity (Wildman–Crippen MR) is 127 cm³/mol. The van der Waals surface area contributed by atoms with Gasteiger partial charge in [-0.05, 0) is 67.0 Å². The summed E-state index contributed by atoms with van der Waals surface area (Å²) in [6.07, 6.45) is 3.45. The lowest BCUT2D eigenvalue weighted by Gasteiger charge is -2.26. The van der Waals surface area contributed by atoms with E-state index in [4.69, 9.17) is 4.74 Å². The van der Waals surface area contributed by atoms with Crippen molar-refractivity contribution in [3.05, 3.63) is 58.9 Å². The number of nitrogens with zero attached hydrogens (tertiary/aromatic N) is 5. The molecule has 0 unspecified atom stereocenters. The number of carbonyl (C=O) groups is 2. The highest BCUT2D eigenvalue weighted by Gasteiger charge is 2.27. The molecule has 4 rings (SSSR count). The zero-order valence-electron chi connectivity index (χ0n) is 20.0. The van der Waals surface area contributed by atoms with Gasteiger partial charge in [0.1, 0.15) is 5.69 Å². The van der Waals surface area contributed by atoms with Crippen molar-refractivity contribution in [2.45, 2.75) is 52.3 Å². The topological polar surface area (TPSA) is 132 Å². The van der Waals surface area contributed by atoms with Crippen LogP contribution in [0, 0.1) is 18.8 Å². The molecule has 1 amide bonds. The summed E-state index contributed by atoms with van der Waals surface area (Å²) in [4.78, 5) is 30.4. The summed E-state index contributed by atoms with van der Waals surface area (Å²) in [6.45, 7) is 2.72. The monoisotopic (exact) mass is 478 g/mol. The Labute approximate surface area is 203 Å². The maximum absolute atomic E-state index is 12.8. The zero-order chi connectivity index (χ0) is 24.8. The summed E-state index contributed by atoms with van der Waals surface area (Å²) in [5.41, 5.74) is 3.30. The molecule has 10 heteroatoms. The van der Waals surface area contributed by atoms with Crippen molar-refractivity contribution >= 4 is 11.9 Å². The van der Waals surface area contributed by atoms with Gasteiger partial charge in [0.25, 0.3) is 5.91 Å². The Hall–Kier alpha value is -3.66. The van der Waals surface area contributed by atoms with E-state index in [-0.39, 0.29) is 30.1 Å². The molecule has 0 atom stereocenters. The van der Waals surface area contributed by atoms with Crippen molar-refractivity contribution in [3.8, 4) is 11.4 Å². The minimum Gasteiger partial charge on any atom is -0.469 e. The van der Waals surface area contributed by atoms with Crippen LogP contribution in [-0.2, 0) is 29.2 Å². The fourth-order valence-electron chi connectivity index (χ4n) is 4.44. The average molecular weight is 479 g/mol. The summed E-state index contributed by atoms with van der Waals surface area (Å²) < 4.78 is 4.86. The van der Waals surface area contributed by atoms with E-state index in [0.29, 0.717) is 36.1 Å². The third-order valence-corrected chi connectivity index (χ3v) is 6.33. The van der Waals surface area contributed by atoms with Crippen LogP contribution in [-0.4, -0.2) is 49.3 Å². The van der Waals surface area contributed by atoms with E-state index < -0.39 is 0 Å². The second-order valence-corrected chi connectivity index (χ2v) is 8.95. The first kappa shape index (κ1) is 24.5. The lowest BCUT2D eigenvalue weighted by Crippen LogP contribution is -2.25. The number of methoxy groups -OCH3 is 1. The number of pyridine rings is 1. The number of tetrazole rings is 1. The number of esters is 1. The van der Waals surface area contributed by atoms with Crippen LogP contribution in [0.25, 0.3) is 11.4 Å². The van der Waals surface area contributed by atoms with E-state index in [0.717, 1.165) is 36.8 Å². The first-order valence-electron chi connectivity index (χ1n) is 11.8. The third-order valence-electron chi connectivity index (χ3n) is 6.33. The molecule has 0 saturated heterocycles. The van der Waals surface area contributed by atoms with Gasteiger partial charge in [0.2, 0.25) is 5.82 Å². The second kappa shape index (κ2) is 11.2. The van der Waals surface area contributed by atoms with Crippen LogP contribution in [0.1, 0.15) is 53.0 Å².